The highest BCUT2D eigenvalue weighted by Crippen LogP contribution is 2.30. The first-order chi connectivity index (χ1) is 11.7. The molecule has 1 N–H and O–H groups in total. The summed E-state index contributed by atoms with van der Waals surface area (Å²) in [6.45, 7) is 0.879. The molecule has 0 bridgehead atoms. The molecule has 0 radical (unpaired) electrons. The molecule has 0 unspecified atom stereocenters. The lowest BCUT2D eigenvalue weighted by atomic mass is 10.2. The second kappa shape index (κ2) is 8.31. The summed E-state index contributed by atoms with van der Waals surface area (Å²) in [6, 6.07) is 15.2. The van der Waals surface area contributed by atoms with E-state index in [0.717, 1.165) is 27.8 Å². The normalized spacial score (nSPS) is 15.8. The fourth-order valence-electron chi connectivity index (χ4n) is 2.28. The van der Waals surface area contributed by atoms with Crippen molar-refractivity contribution in [1.82, 2.24) is 5.32 Å². The molecule has 0 saturated carbocycles. The van der Waals surface area contributed by atoms with E-state index in [4.69, 9.17) is 21.1 Å². The molecule has 0 fully saturated rings. The van der Waals surface area contributed by atoms with Gasteiger partial charge in [0.25, 0.3) is 0 Å². The highest BCUT2D eigenvalue weighted by molar-refractivity contribution is 7.99. The van der Waals surface area contributed by atoms with Crippen molar-refractivity contribution in [3.8, 4) is 11.5 Å². The van der Waals surface area contributed by atoms with Crippen LogP contribution >= 0.6 is 23.4 Å². The van der Waals surface area contributed by atoms with Crippen LogP contribution in [0.3, 0.4) is 0 Å². The van der Waals surface area contributed by atoms with Crippen LogP contribution in [0.5, 0.6) is 11.5 Å². The molecule has 0 spiro atoms. The van der Waals surface area contributed by atoms with Gasteiger partial charge in [0, 0.05) is 10.8 Å². The zero-order chi connectivity index (χ0) is 16.8. The Hall–Kier alpha value is -1.85. The molecule has 1 atom stereocenters. The number of ether oxygens (including phenoxy) is 2. The van der Waals surface area contributed by atoms with Gasteiger partial charge in [0.05, 0.1) is 12.3 Å². The predicted molar refractivity (Wildman–Crippen MR) is 97.0 cm³/mol. The van der Waals surface area contributed by atoms with E-state index in [1.54, 1.807) is 11.8 Å². The van der Waals surface area contributed by atoms with Gasteiger partial charge in [-0.1, -0.05) is 35.9 Å². The SMILES string of the molecule is O=C(CSCc1ccc(Cl)cc1)NC[C@H]1COc2ccccc2O1. The molecule has 24 heavy (non-hydrogen) atoms. The molecular weight excluding hydrogens is 346 g/mol. The Balaban J connectivity index is 1.36. The fourth-order valence-corrected chi connectivity index (χ4v) is 3.23. The molecule has 3 rings (SSSR count). The summed E-state index contributed by atoms with van der Waals surface area (Å²) < 4.78 is 11.4. The first kappa shape index (κ1) is 17.0. The first-order valence-corrected chi connectivity index (χ1v) is 9.21. The van der Waals surface area contributed by atoms with Gasteiger partial charge in [-0.25, -0.2) is 0 Å². The summed E-state index contributed by atoms with van der Waals surface area (Å²) in [4.78, 5) is 11.9. The Morgan fingerprint density at radius 3 is 2.71 bits per heavy atom. The Morgan fingerprint density at radius 2 is 1.92 bits per heavy atom. The van der Waals surface area contributed by atoms with Gasteiger partial charge in [0.2, 0.25) is 5.91 Å². The lowest BCUT2D eigenvalue weighted by molar-refractivity contribution is -0.119. The number of carbonyl (C=O) groups is 1. The quantitative estimate of drug-likeness (QED) is 0.853. The van der Waals surface area contributed by atoms with E-state index in [-0.39, 0.29) is 12.0 Å². The molecule has 6 heteroatoms. The van der Waals surface area contributed by atoms with Crippen molar-refractivity contribution >= 4 is 29.3 Å². The average Bonchev–Trinajstić information content (AvgIpc) is 2.61. The van der Waals surface area contributed by atoms with Crippen LogP contribution in [0.15, 0.2) is 48.5 Å². The van der Waals surface area contributed by atoms with Gasteiger partial charge in [0.15, 0.2) is 11.5 Å². The standard InChI is InChI=1S/C18H18ClNO3S/c19-14-7-5-13(6-8-14)11-24-12-18(21)20-9-15-10-22-16-3-1-2-4-17(16)23-15/h1-8,15H,9-12H2,(H,20,21)/t15-/m0/s1. The predicted octanol–water partition coefficient (Wildman–Crippen LogP) is 3.53. The summed E-state index contributed by atoms with van der Waals surface area (Å²) in [6.07, 6.45) is -0.162. The van der Waals surface area contributed by atoms with Crippen molar-refractivity contribution in [2.24, 2.45) is 0 Å². The third kappa shape index (κ3) is 4.82. The van der Waals surface area contributed by atoms with E-state index < -0.39 is 0 Å². The number of rotatable bonds is 6. The van der Waals surface area contributed by atoms with E-state index in [0.29, 0.717) is 18.9 Å². The van der Waals surface area contributed by atoms with Crippen molar-refractivity contribution in [1.29, 1.82) is 0 Å². The Bertz CT molecular complexity index is 693. The number of para-hydroxylation sites is 2. The van der Waals surface area contributed by atoms with E-state index in [2.05, 4.69) is 5.32 Å². The number of nitrogens with one attached hydrogen (secondary N) is 1. The van der Waals surface area contributed by atoms with Crippen LogP contribution in [0.2, 0.25) is 5.02 Å². The molecule has 0 aliphatic carbocycles. The van der Waals surface area contributed by atoms with E-state index in [9.17, 15) is 4.79 Å². The van der Waals surface area contributed by atoms with Crippen molar-refractivity contribution in [2.45, 2.75) is 11.9 Å². The highest BCUT2D eigenvalue weighted by Gasteiger charge is 2.20. The van der Waals surface area contributed by atoms with Gasteiger partial charge < -0.3 is 14.8 Å². The van der Waals surface area contributed by atoms with Crippen LogP contribution in [-0.4, -0.2) is 30.9 Å². The number of benzene rings is 2. The summed E-state index contributed by atoms with van der Waals surface area (Å²) in [5.74, 6) is 2.66. The number of amides is 1. The number of carbonyl (C=O) groups excluding carboxylic acids is 1. The van der Waals surface area contributed by atoms with Crippen molar-refractivity contribution < 1.29 is 14.3 Å². The molecule has 1 heterocycles. The minimum absolute atomic E-state index is 0.00331. The first-order valence-electron chi connectivity index (χ1n) is 7.68. The third-order valence-corrected chi connectivity index (χ3v) is 4.77. The molecule has 4 nitrogen and oxygen atoms in total. The average molecular weight is 364 g/mol. The third-order valence-electron chi connectivity index (χ3n) is 3.51. The maximum absolute atomic E-state index is 11.9. The van der Waals surface area contributed by atoms with Crippen LogP contribution in [-0.2, 0) is 10.5 Å². The Morgan fingerprint density at radius 1 is 1.17 bits per heavy atom. The van der Waals surface area contributed by atoms with Gasteiger partial charge in [0.1, 0.15) is 12.7 Å². The summed E-state index contributed by atoms with van der Waals surface area (Å²) in [5, 5.41) is 3.61. The smallest absolute Gasteiger partial charge is 0.230 e. The lowest BCUT2D eigenvalue weighted by Gasteiger charge is -2.26. The number of halogens is 1. The summed E-state index contributed by atoms with van der Waals surface area (Å²) in [7, 11) is 0. The largest absolute Gasteiger partial charge is 0.486 e. The van der Waals surface area contributed by atoms with Gasteiger partial charge in [-0.3, -0.25) is 4.79 Å². The minimum Gasteiger partial charge on any atom is -0.486 e. The van der Waals surface area contributed by atoms with Gasteiger partial charge in [-0.15, -0.1) is 11.8 Å². The van der Waals surface area contributed by atoms with E-state index >= 15 is 0 Å². The number of fused-ring (bicyclic) bond motifs is 1. The highest BCUT2D eigenvalue weighted by atomic mass is 35.5. The van der Waals surface area contributed by atoms with Gasteiger partial charge >= 0.3 is 0 Å². The summed E-state index contributed by atoms with van der Waals surface area (Å²) >= 11 is 7.42. The lowest BCUT2D eigenvalue weighted by Crippen LogP contribution is -2.41. The zero-order valence-electron chi connectivity index (χ0n) is 13.0. The topological polar surface area (TPSA) is 47.6 Å². The fraction of sp³-hybridized carbons (Fsp3) is 0.278. The molecule has 1 amide bonds. The Kier molecular flexibility index (Phi) is 5.88. The molecular formula is C18H18ClNO3S. The van der Waals surface area contributed by atoms with Crippen LogP contribution in [0, 0.1) is 0 Å². The molecule has 1 aliphatic rings. The van der Waals surface area contributed by atoms with Gasteiger partial charge in [-0.2, -0.15) is 0 Å². The van der Waals surface area contributed by atoms with Gasteiger partial charge in [-0.05, 0) is 29.8 Å². The summed E-state index contributed by atoms with van der Waals surface area (Å²) in [5.41, 5.74) is 1.15. The molecule has 2 aromatic rings. The molecule has 2 aromatic carbocycles. The second-order valence-electron chi connectivity index (χ2n) is 5.42. The molecule has 0 saturated heterocycles. The van der Waals surface area contributed by atoms with Crippen LogP contribution in [0.4, 0.5) is 0 Å². The maximum Gasteiger partial charge on any atom is 0.230 e. The Labute approximate surface area is 150 Å². The van der Waals surface area contributed by atoms with Crippen LogP contribution in [0.25, 0.3) is 0 Å². The zero-order valence-corrected chi connectivity index (χ0v) is 14.6. The van der Waals surface area contributed by atoms with Crippen molar-refractivity contribution in [3.63, 3.8) is 0 Å². The maximum atomic E-state index is 11.9. The second-order valence-corrected chi connectivity index (χ2v) is 6.84. The minimum atomic E-state index is -0.162. The molecule has 0 aromatic heterocycles. The van der Waals surface area contributed by atoms with Crippen molar-refractivity contribution in [3.05, 3.63) is 59.1 Å². The monoisotopic (exact) mass is 363 g/mol. The van der Waals surface area contributed by atoms with Crippen LogP contribution in [0.1, 0.15) is 5.56 Å². The van der Waals surface area contributed by atoms with Crippen LogP contribution < -0.4 is 14.8 Å². The van der Waals surface area contributed by atoms with E-state index in [1.807, 2.05) is 48.5 Å². The number of hydrogen-bond acceptors (Lipinski definition) is 4. The number of hydrogen-bond donors (Lipinski definition) is 1. The number of thioether (sulfide) groups is 1. The van der Waals surface area contributed by atoms with E-state index in [1.165, 1.54) is 0 Å². The van der Waals surface area contributed by atoms with Crippen molar-refractivity contribution in [2.75, 3.05) is 18.9 Å². The molecule has 1 aliphatic heterocycles. The molecule has 126 valence electrons.